The number of thiophene rings is 1. The van der Waals surface area contributed by atoms with Crippen molar-refractivity contribution in [3.05, 3.63) is 71.1 Å². The first-order valence-electron chi connectivity index (χ1n) is 8.60. The van der Waals surface area contributed by atoms with Crippen LogP contribution in [0.4, 0.5) is 22.0 Å². The summed E-state index contributed by atoms with van der Waals surface area (Å²) in [6.45, 7) is 0.618. The van der Waals surface area contributed by atoms with E-state index in [0.29, 0.717) is 18.8 Å². The lowest BCUT2D eigenvalue weighted by atomic mass is 9.99. The Balaban J connectivity index is 1.46. The molecule has 7 heteroatoms. The average Bonchev–Trinajstić information content (AvgIpc) is 3.32. The molecule has 27 heavy (non-hydrogen) atoms. The van der Waals surface area contributed by atoms with Crippen LogP contribution in [0.15, 0.2) is 65.5 Å². The molecule has 0 radical (unpaired) electrons. The molecule has 1 aromatic carbocycles. The second-order valence-corrected chi connectivity index (χ2v) is 7.09. The van der Waals surface area contributed by atoms with Gasteiger partial charge >= 0.3 is 6.03 Å². The summed E-state index contributed by atoms with van der Waals surface area (Å²) < 4.78 is 0. The van der Waals surface area contributed by atoms with Gasteiger partial charge in [-0.1, -0.05) is 30.3 Å². The molecular weight excluding hydrogens is 360 g/mol. The van der Waals surface area contributed by atoms with Crippen molar-refractivity contribution in [1.29, 1.82) is 0 Å². The maximum absolute atomic E-state index is 12.5. The fraction of sp³-hybridized carbons (Fsp3) is 0.150. The predicted molar refractivity (Wildman–Crippen MR) is 107 cm³/mol. The Hall–Kier alpha value is -3.19. The van der Waals surface area contributed by atoms with Gasteiger partial charge in [0.2, 0.25) is 5.91 Å². The fourth-order valence-corrected chi connectivity index (χ4v) is 3.76. The van der Waals surface area contributed by atoms with Crippen LogP contribution in [0.2, 0.25) is 0 Å². The number of nitrogens with one attached hydrogen (secondary N) is 2. The van der Waals surface area contributed by atoms with Crippen molar-refractivity contribution < 1.29 is 9.59 Å². The number of anilines is 3. The standard InChI is InChI=1S/C20H18N4O2S/c25-19-10-15(14-4-2-1-3-5-14)12-24(19)17-6-8-21-18(11-17)23-20(26)22-16-7-9-27-13-16/h1-9,11,13,15H,10,12H2,(H2,21,22,23,26)/t15-/m0/s1. The number of rotatable bonds is 4. The monoisotopic (exact) mass is 378 g/mol. The van der Waals surface area contributed by atoms with Crippen molar-refractivity contribution in [3.8, 4) is 0 Å². The third kappa shape index (κ3) is 3.98. The molecule has 3 heterocycles. The summed E-state index contributed by atoms with van der Waals surface area (Å²) in [5, 5.41) is 9.17. The highest BCUT2D eigenvalue weighted by molar-refractivity contribution is 7.08. The van der Waals surface area contributed by atoms with E-state index in [1.807, 2.05) is 35.0 Å². The van der Waals surface area contributed by atoms with Gasteiger partial charge in [-0.3, -0.25) is 10.1 Å². The minimum absolute atomic E-state index is 0.0729. The van der Waals surface area contributed by atoms with Gasteiger partial charge in [-0.25, -0.2) is 9.78 Å². The first kappa shape index (κ1) is 17.2. The molecule has 0 unspecified atom stereocenters. The number of pyridine rings is 1. The number of aromatic nitrogens is 1. The summed E-state index contributed by atoms with van der Waals surface area (Å²) in [4.78, 5) is 30.5. The zero-order chi connectivity index (χ0) is 18.6. The molecule has 1 fully saturated rings. The van der Waals surface area contributed by atoms with Crippen LogP contribution in [0.3, 0.4) is 0 Å². The Labute approximate surface area is 160 Å². The maximum atomic E-state index is 12.5. The van der Waals surface area contributed by atoms with E-state index < -0.39 is 0 Å². The molecular formula is C20H18N4O2S. The quantitative estimate of drug-likeness (QED) is 0.710. The lowest BCUT2D eigenvalue weighted by Crippen LogP contribution is -2.25. The summed E-state index contributed by atoms with van der Waals surface area (Å²) in [7, 11) is 0. The van der Waals surface area contributed by atoms with E-state index in [1.165, 1.54) is 11.3 Å². The van der Waals surface area contributed by atoms with E-state index in [2.05, 4.69) is 27.8 Å². The zero-order valence-corrected chi connectivity index (χ0v) is 15.3. The van der Waals surface area contributed by atoms with E-state index in [0.717, 1.165) is 16.9 Å². The van der Waals surface area contributed by atoms with Crippen LogP contribution < -0.4 is 15.5 Å². The lowest BCUT2D eigenvalue weighted by molar-refractivity contribution is -0.117. The highest BCUT2D eigenvalue weighted by Crippen LogP contribution is 2.32. The van der Waals surface area contributed by atoms with Gasteiger partial charge in [0.15, 0.2) is 0 Å². The van der Waals surface area contributed by atoms with E-state index in [-0.39, 0.29) is 17.9 Å². The largest absolute Gasteiger partial charge is 0.324 e. The van der Waals surface area contributed by atoms with Crippen LogP contribution in [0.1, 0.15) is 17.9 Å². The second kappa shape index (κ2) is 7.59. The van der Waals surface area contributed by atoms with Crippen LogP contribution in [0, 0.1) is 0 Å². The lowest BCUT2D eigenvalue weighted by Gasteiger charge is -2.17. The van der Waals surface area contributed by atoms with Gasteiger partial charge in [0, 0.05) is 42.2 Å². The minimum Gasteiger partial charge on any atom is -0.312 e. The Kier molecular flexibility index (Phi) is 4.84. The van der Waals surface area contributed by atoms with E-state index in [9.17, 15) is 9.59 Å². The molecule has 2 aromatic heterocycles. The normalized spacial score (nSPS) is 16.4. The van der Waals surface area contributed by atoms with E-state index in [4.69, 9.17) is 0 Å². The van der Waals surface area contributed by atoms with Crippen LogP contribution in [-0.2, 0) is 4.79 Å². The Morgan fingerprint density at radius 3 is 2.78 bits per heavy atom. The summed E-state index contributed by atoms with van der Waals surface area (Å²) in [5.41, 5.74) is 2.63. The van der Waals surface area contributed by atoms with Crippen LogP contribution in [-0.4, -0.2) is 23.5 Å². The second-order valence-electron chi connectivity index (χ2n) is 6.31. The summed E-state index contributed by atoms with van der Waals surface area (Å²) in [6, 6.07) is 15.0. The predicted octanol–water partition coefficient (Wildman–Crippen LogP) is 4.31. The van der Waals surface area contributed by atoms with Crippen LogP contribution in [0.25, 0.3) is 0 Å². The van der Waals surface area contributed by atoms with Crippen molar-refractivity contribution in [2.75, 3.05) is 22.1 Å². The molecule has 0 saturated carbocycles. The molecule has 1 saturated heterocycles. The number of carbonyl (C=O) groups excluding carboxylic acids is 2. The molecule has 2 N–H and O–H groups in total. The number of urea groups is 1. The third-order valence-corrected chi connectivity index (χ3v) is 5.16. The van der Waals surface area contributed by atoms with Crippen molar-refractivity contribution in [1.82, 2.24) is 4.98 Å². The first-order chi connectivity index (χ1) is 13.2. The number of amides is 3. The van der Waals surface area contributed by atoms with E-state index >= 15 is 0 Å². The molecule has 4 rings (SSSR count). The van der Waals surface area contributed by atoms with Crippen molar-refractivity contribution in [2.45, 2.75) is 12.3 Å². The van der Waals surface area contributed by atoms with Gasteiger partial charge in [0.1, 0.15) is 5.82 Å². The van der Waals surface area contributed by atoms with Crippen LogP contribution >= 0.6 is 11.3 Å². The number of carbonyl (C=O) groups is 2. The molecule has 0 spiro atoms. The molecule has 1 aliphatic heterocycles. The molecule has 0 bridgehead atoms. The van der Waals surface area contributed by atoms with Gasteiger partial charge in [-0.15, -0.1) is 0 Å². The topological polar surface area (TPSA) is 74.3 Å². The van der Waals surface area contributed by atoms with Crippen LogP contribution in [0.5, 0.6) is 0 Å². The number of hydrogen-bond donors (Lipinski definition) is 2. The number of hydrogen-bond acceptors (Lipinski definition) is 4. The Bertz CT molecular complexity index is 944. The smallest absolute Gasteiger partial charge is 0.312 e. The number of nitrogens with zero attached hydrogens (tertiary/aromatic N) is 2. The average molecular weight is 378 g/mol. The van der Waals surface area contributed by atoms with E-state index in [1.54, 1.807) is 23.2 Å². The summed E-state index contributed by atoms with van der Waals surface area (Å²) in [6.07, 6.45) is 2.08. The molecule has 136 valence electrons. The van der Waals surface area contributed by atoms with Gasteiger partial charge in [0.05, 0.1) is 5.69 Å². The van der Waals surface area contributed by atoms with Crippen molar-refractivity contribution >= 4 is 40.5 Å². The number of benzene rings is 1. The molecule has 1 aliphatic rings. The first-order valence-corrected chi connectivity index (χ1v) is 9.55. The van der Waals surface area contributed by atoms with Crippen molar-refractivity contribution in [2.24, 2.45) is 0 Å². The molecule has 3 amide bonds. The minimum atomic E-state index is -0.368. The molecule has 6 nitrogen and oxygen atoms in total. The summed E-state index contributed by atoms with van der Waals surface area (Å²) >= 11 is 1.50. The van der Waals surface area contributed by atoms with Gasteiger partial charge in [-0.2, -0.15) is 11.3 Å². The molecule has 1 atom stereocenters. The maximum Gasteiger partial charge on any atom is 0.324 e. The third-order valence-electron chi connectivity index (χ3n) is 4.47. The summed E-state index contributed by atoms with van der Waals surface area (Å²) in [5.74, 6) is 0.644. The van der Waals surface area contributed by atoms with Crippen molar-refractivity contribution in [3.63, 3.8) is 0 Å². The Morgan fingerprint density at radius 2 is 2.00 bits per heavy atom. The zero-order valence-electron chi connectivity index (χ0n) is 14.5. The van der Waals surface area contributed by atoms with Gasteiger partial charge < -0.3 is 10.2 Å². The fourth-order valence-electron chi connectivity index (χ4n) is 3.18. The SMILES string of the molecule is O=C(Nc1ccsc1)Nc1cc(N2C[C@@H](c3ccccc3)CC2=O)ccn1. The highest BCUT2D eigenvalue weighted by atomic mass is 32.1. The Morgan fingerprint density at radius 1 is 1.15 bits per heavy atom. The molecule has 3 aromatic rings. The van der Waals surface area contributed by atoms with Gasteiger partial charge in [-0.05, 0) is 23.1 Å². The highest BCUT2D eigenvalue weighted by Gasteiger charge is 2.31. The van der Waals surface area contributed by atoms with Gasteiger partial charge in [0.25, 0.3) is 0 Å². The molecule has 0 aliphatic carbocycles.